The van der Waals surface area contributed by atoms with Gasteiger partial charge < -0.3 is 25.8 Å². The monoisotopic (exact) mass is 336 g/mol. The molecular weight excluding hydrogens is 308 g/mol. The van der Waals surface area contributed by atoms with Crippen LogP contribution in [0, 0.1) is 5.41 Å². The van der Waals surface area contributed by atoms with Crippen molar-refractivity contribution >= 4 is 11.8 Å². The minimum Gasteiger partial charge on any atom is -0.444 e. The predicted molar refractivity (Wildman–Crippen MR) is 94.9 cm³/mol. The van der Waals surface area contributed by atoms with Crippen molar-refractivity contribution in [2.75, 3.05) is 20.3 Å². The van der Waals surface area contributed by atoms with Crippen molar-refractivity contribution in [1.82, 2.24) is 10.6 Å². The summed E-state index contributed by atoms with van der Waals surface area (Å²) in [4.78, 5) is 11.7. The normalized spacial score (nSPS) is 17.9. The van der Waals surface area contributed by atoms with Gasteiger partial charge in [0.25, 0.3) is 0 Å². The Balaban J connectivity index is 2.47. The number of hydrogen-bond acceptors (Lipinski definition) is 6. The van der Waals surface area contributed by atoms with Crippen molar-refractivity contribution in [1.29, 1.82) is 5.41 Å². The highest BCUT2D eigenvalue weighted by Gasteiger charge is 2.18. The van der Waals surface area contributed by atoms with E-state index in [4.69, 9.17) is 20.6 Å². The fourth-order valence-electron chi connectivity index (χ4n) is 2.01. The summed E-state index contributed by atoms with van der Waals surface area (Å²) >= 11 is 0. The summed E-state index contributed by atoms with van der Waals surface area (Å²) in [6, 6.07) is -0.184. The molecule has 7 heteroatoms. The Morgan fingerprint density at radius 3 is 2.67 bits per heavy atom. The van der Waals surface area contributed by atoms with E-state index in [1.165, 1.54) is 0 Å². The topological polar surface area (TPSA) is 109 Å². The van der Waals surface area contributed by atoms with Gasteiger partial charge in [0.2, 0.25) is 0 Å². The highest BCUT2D eigenvalue weighted by Crippen LogP contribution is 2.16. The minimum atomic E-state index is -0.527. The third-order valence-corrected chi connectivity index (χ3v) is 2.96. The van der Waals surface area contributed by atoms with Gasteiger partial charge in [-0.1, -0.05) is 0 Å². The molecule has 0 aromatic rings. The zero-order valence-electron chi connectivity index (χ0n) is 15.0. The van der Waals surface area contributed by atoms with E-state index in [1.54, 1.807) is 19.3 Å². The highest BCUT2D eigenvalue weighted by atomic mass is 16.6. The molecular formula is C17H28N4O3. The largest absolute Gasteiger partial charge is 0.444 e. The van der Waals surface area contributed by atoms with Crippen LogP contribution in [0.15, 0.2) is 35.2 Å². The summed E-state index contributed by atoms with van der Waals surface area (Å²) in [6.45, 7) is 7.96. The quantitative estimate of drug-likeness (QED) is 0.591. The van der Waals surface area contributed by atoms with Gasteiger partial charge in [0, 0.05) is 18.8 Å². The van der Waals surface area contributed by atoms with E-state index in [-0.39, 0.29) is 11.8 Å². The zero-order valence-corrected chi connectivity index (χ0v) is 15.0. The molecule has 1 amide bonds. The van der Waals surface area contributed by atoms with Crippen LogP contribution in [-0.4, -0.2) is 43.7 Å². The molecule has 0 aromatic heterocycles. The van der Waals surface area contributed by atoms with Gasteiger partial charge >= 0.3 is 6.09 Å². The first-order chi connectivity index (χ1) is 11.1. The first kappa shape index (κ1) is 19.8. The van der Waals surface area contributed by atoms with Gasteiger partial charge in [-0.25, -0.2) is 4.79 Å². The number of carbonyl (C=O) groups is 1. The molecule has 1 aliphatic carbocycles. The lowest BCUT2D eigenvalue weighted by molar-refractivity contribution is 0.0465. The van der Waals surface area contributed by atoms with E-state index < -0.39 is 11.7 Å². The van der Waals surface area contributed by atoms with Crippen molar-refractivity contribution < 1.29 is 14.3 Å². The van der Waals surface area contributed by atoms with Gasteiger partial charge in [0.15, 0.2) is 0 Å². The first-order valence-electron chi connectivity index (χ1n) is 7.84. The lowest BCUT2D eigenvalue weighted by Gasteiger charge is -2.22. The number of hydrogen-bond donors (Lipinski definition) is 4. The summed E-state index contributed by atoms with van der Waals surface area (Å²) in [6.07, 6.45) is 4.82. The molecule has 0 heterocycles. The number of nitrogens with two attached hydrogens (primary N) is 1. The maximum absolute atomic E-state index is 11.7. The van der Waals surface area contributed by atoms with Gasteiger partial charge in [0.1, 0.15) is 5.60 Å². The molecule has 1 atom stereocenters. The highest BCUT2D eigenvalue weighted by molar-refractivity contribution is 6.13. The standard InChI is InChI=1S/C17H28N4O3/c1-11(21-16(22)24-17(2,3)4)9-23-10-12-6-13(8-20-5)15(19)14(18)7-12/h6-8,11,19-20H,9-10,18H2,1-5H3,(H,21,22)/b13-8-,19-15?/t11-/m1/s1. The summed E-state index contributed by atoms with van der Waals surface area (Å²) in [5.74, 6) is 0. The average Bonchev–Trinajstić information content (AvgIpc) is 2.42. The van der Waals surface area contributed by atoms with Gasteiger partial charge in [-0.3, -0.25) is 5.41 Å². The molecule has 0 aliphatic heterocycles. The summed E-state index contributed by atoms with van der Waals surface area (Å²) in [7, 11) is 1.77. The Kier molecular flexibility index (Phi) is 7.03. The number of carbonyl (C=O) groups excluding carboxylic acids is 1. The van der Waals surface area contributed by atoms with Gasteiger partial charge in [-0.05, 0) is 45.4 Å². The van der Waals surface area contributed by atoms with Crippen molar-refractivity contribution in [2.24, 2.45) is 5.73 Å². The SMILES string of the molecule is CN/C=C1/C=C(COC[C@@H](C)NC(=O)OC(C)(C)C)C=C(N)C1=N. The van der Waals surface area contributed by atoms with E-state index >= 15 is 0 Å². The maximum atomic E-state index is 11.7. The van der Waals surface area contributed by atoms with Gasteiger partial charge in [-0.2, -0.15) is 0 Å². The lowest BCUT2D eigenvalue weighted by Crippen LogP contribution is -2.39. The van der Waals surface area contributed by atoms with Crippen LogP contribution in [0.4, 0.5) is 4.79 Å². The Bertz CT molecular complexity index is 571. The van der Waals surface area contributed by atoms with Crippen LogP contribution in [-0.2, 0) is 9.47 Å². The van der Waals surface area contributed by atoms with Crippen LogP contribution >= 0.6 is 0 Å². The molecule has 0 radical (unpaired) electrons. The Labute approximate surface area is 143 Å². The fourth-order valence-corrected chi connectivity index (χ4v) is 2.01. The third kappa shape index (κ3) is 6.87. The van der Waals surface area contributed by atoms with Crippen LogP contribution < -0.4 is 16.4 Å². The van der Waals surface area contributed by atoms with Crippen molar-refractivity contribution in [3.05, 3.63) is 35.2 Å². The fraction of sp³-hybridized carbons (Fsp3) is 0.529. The number of rotatable bonds is 6. The number of allylic oxidation sites excluding steroid dienone is 2. The van der Waals surface area contributed by atoms with E-state index in [1.807, 2.05) is 33.8 Å². The van der Waals surface area contributed by atoms with Crippen LogP contribution in [0.1, 0.15) is 27.7 Å². The van der Waals surface area contributed by atoms with E-state index in [0.717, 1.165) is 5.57 Å². The summed E-state index contributed by atoms with van der Waals surface area (Å²) < 4.78 is 10.8. The molecule has 134 valence electrons. The molecule has 1 aliphatic rings. The lowest BCUT2D eigenvalue weighted by atomic mass is 9.98. The molecule has 0 spiro atoms. The van der Waals surface area contributed by atoms with Crippen LogP contribution in [0.25, 0.3) is 0 Å². The first-order valence-corrected chi connectivity index (χ1v) is 7.84. The minimum absolute atomic E-state index is 0.184. The summed E-state index contributed by atoms with van der Waals surface area (Å²) in [5.41, 5.74) is 7.58. The molecule has 5 N–H and O–H groups in total. The second-order valence-electron chi connectivity index (χ2n) is 6.64. The molecule has 1 rings (SSSR count). The van der Waals surface area contributed by atoms with Crippen molar-refractivity contribution in [3.63, 3.8) is 0 Å². The second kappa shape index (κ2) is 8.54. The molecule has 7 nitrogen and oxygen atoms in total. The number of amides is 1. The summed E-state index contributed by atoms with van der Waals surface area (Å²) in [5, 5.41) is 13.5. The van der Waals surface area contributed by atoms with Crippen molar-refractivity contribution in [2.45, 2.75) is 39.3 Å². The molecule has 0 saturated heterocycles. The molecule has 0 saturated carbocycles. The van der Waals surface area contributed by atoms with Crippen molar-refractivity contribution in [3.8, 4) is 0 Å². The van der Waals surface area contributed by atoms with Gasteiger partial charge in [0.05, 0.1) is 30.7 Å². The van der Waals surface area contributed by atoms with E-state index in [0.29, 0.717) is 24.5 Å². The maximum Gasteiger partial charge on any atom is 0.407 e. The second-order valence-corrected chi connectivity index (χ2v) is 6.64. The zero-order chi connectivity index (χ0) is 18.3. The van der Waals surface area contributed by atoms with Gasteiger partial charge in [-0.15, -0.1) is 0 Å². The Morgan fingerprint density at radius 2 is 2.08 bits per heavy atom. The molecule has 0 aromatic carbocycles. The molecule has 0 fully saturated rings. The number of ether oxygens (including phenoxy) is 2. The van der Waals surface area contributed by atoms with Crippen LogP contribution in [0.5, 0.6) is 0 Å². The predicted octanol–water partition coefficient (Wildman–Crippen LogP) is 1.82. The molecule has 0 unspecified atom stereocenters. The average molecular weight is 336 g/mol. The van der Waals surface area contributed by atoms with Crippen LogP contribution in [0.3, 0.4) is 0 Å². The Hall–Kier alpha value is -2.28. The van der Waals surface area contributed by atoms with Crippen LogP contribution in [0.2, 0.25) is 0 Å². The number of nitrogens with one attached hydrogen (secondary N) is 3. The molecule has 0 bridgehead atoms. The third-order valence-electron chi connectivity index (χ3n) is 2.96. The molecule has 24 heavy (non-hydrogen) atoms. The Morgan fingerprint density at radius 1 is 1.42 bits per heavy atom. The van der Waals surface area contributed by atoms with E-state index in [9.17, 15) is 4.79 Å². The number of alkyl carbamates (subject to hydrolysis) is 1. The smallest absolute Gasteiger partial charge is 0.407 e. The van der Waals surface area contributed by atoms with E-state index in [2.05, 4.69) is 10.6 Å².